The molecule has 160 valence electrons. The Hall–Kier alpha value is -3.09. The van der Waals surface area contributed by atoms with E-state index in [1.165, 1.54) is 12.1 Å². The molecule has 0 spiro atoms. The molecule has 0 bridgehead atoms. The summed E-state index contributed by atoms with van der Waals surface area (Å²) in [7, 11) is 3.17. The van der Waals surface area contributed by atoms with Crippen molar-refractivity contribution in [3.8, 4) is 11.5 Å². The molecule has 1 aliphatic heterocycles. The molecule has 2 aromatic carbocycles. The van der Waals surface area contributed by atoms with Gasteiger partial charge in [0.15, 0.2) is 11.5 Å². The number of hydrogen-bond donors (Lipinski definition) is 1. The number of hydrogen-bond acceptors (Lipinski definition) is 4. The van der Waals surface area contributed by atoms with Crippen LogP contribution in [0.2, 0.25) is 0 Å². The molecule has 7 heteroatoms. The second-order valence-electron chi connectivity index (χ2n) is 7.46. The highest BCUT2D eigenvalue weighted by molar-refractivity contribution is 5.89. The molecule has 0 aliphatic carbocycles. The lowest BCUT2D eigenvalue weighted by Crippen LogP contribution is -2.35. The van der Waals surface area contributed by atoms with Gasteiger partial charge in [-0.25, -0.2) is 4.39 Å². The summed E-state index contributed by atoms with van der Waals surface area (Å²) in [6.07, 6.45) is 0.861. The van der Waals surface area contributed by atoms with Crippen LogP contribution in [0.25, 0.3) is 0 Å². The van der Waals surface area contributed by atoms with E-state index in [0.29, 0.717) is 31.0 Å². The van der Waals surface area contributed by atoms with Crippen LogP contribution in [0.4, 0.5) is 4.39 Å². The number of methoxy groups -OCH3 is 2. The second-order valence-corrected chi connectivity index (χ2v) is 7.46. The number of rotatable bonds is 8. The van der Waals surface area contributed by atoms with E-state index in [1.54, 1.807) is 31.3 Å². The predicted molar refractivity (Wildman–Crippen MR) is 111 cm³/mol. The van der Waals surface area contributed by atoms with E-state index in [9.17, 15) is 14.0 Å². The number of halogens is 1. The number of likely N-dealkylation sites (tertiary alicyclic amines) is 1. The molecule has 1 saturated heterocycles. The summed E-state index contributed by atoms with van der Waals surface area (Å²) in [4.78, 5) is 26.7. The zero-order valence-electron chi connectivity index (χ0n) is 17.5. The van der Waals surface area contributed by atoms with Gasteiger partial charge in [-0.3, -0.25) is 9.59 Å². The molecule has 2 unspecified atom stereocenters. The molecular formula is C23H27FN2O4. The van der Waals surface area contributed by atoms with E-state index >= 15 is 0 Å². The van der Waals surface area contributed by atoms with Gasteiger partial charge in [0.05, 0.1) is 26.2 Å². The Morgan fingerprint density at radius 1 is 1.17 bits per heavy atom. The van der Waals surface area contributed by atoms with Crippen molar-refractivity contribution in [3.05, 3.63) is 59.4 Å². The van der Waals surface area contributed by atoms with Gasteiger partial charge in [-0.2, -0.15) is 0 Å². The Morgan fingerprint density at radius 2 is 1.87 bits per heavy atom. The fourth-order valence-electron chi connectivity index (χ4n) is 3.63. The normalized spacial score (nSPS) is 17.0. The van der Waals surface area contributed by atoms with Gasteiger partial charge < -0.3 is 19.7 Å². The molecule has 30 heavy (non-hydrogen) atoms. The van der Waals surface area contributed by atoms with Crippen LogP contribution >= 0.6 is 0 Å². The van der Waals surface area contributed by atoms with Crippen LogP contribution < -0.4 is 14.8 Å². The van der Waals surface area contributed by atoms with Crippen molar-refractivity contribution in [1.29, 1.82) is 0 Å². The zero-order valence-corrected chi connectivity index (χ0v) is 17.5. The third-order valence-corrected chi connectivity index (χ3v) is 5.43. The molecule has 1 heterocycles. The van der Waals surface area contributed by atoms with Gasteiger partial charge in [0.1, 0.15) is 5.82 Å². The Kier molecular flexibility index (Phi) is 6.92. The number of carbonyl (C=O) groups is 2. The number of ether oxygens (including phenoxy) is 2. The lowest BCUT2D eigenvalue weighted by molar-refractivity contribution is -0.129. The van der Waals surface area contributed by atoms with Gasteiger partial charge in [-0.1, -0.05) is 18.2 Å². The van der Waals surface area contributed by atoms with Gasteiger partial charge in [0, 0.05) is 19.5 Å². The molecular weight excluding hydrogens is 387 g/mol. The smallest absolute Gasteiger partial charge is 0.225 e. The van der Waals surface area contributed by atoms with Crippen LogP contribution in [0.3, 0.4) is 0 Å². The van der Waals surface area contributed by atoms with E-state index in [-0.39, 0.29) is 36.0 Å². The predicted octanol–water partition coefficient (Wildman–Crippen LogP) is 3.11. The molecule has 2 amide bonds. The molecule has 0 aromatic heterocycles. The molecule has 2 aromatic rings. The average Bonchev–Trinajstić information content (AvgIpc) is 3.13. The molecule has 1 fully saturated rings. The maximum absolute atomic E-state index is 13.1. The third kappa shape index (κ3) is 5.09. The largest absolute Gasteiger partial charge is 0.493 e. The Labute approximate surface area is 176 Å². The molecule has 1 N–H and O–H groups in total. The van der Waals surface area contributed by atoms with Gasteiger partial charge in [-0.15, -0.1) is 0 Å². The Bertz CT molecular complexity index is 901. The summed E-state index contributed by atoms with van der Waals surface area (Å²) in [5, 5.41) is 2.93. The number of amides is 2. The van der Waals surface area contributed by atoms with Crippen LogP contribution in [0.5, 0.6) is 11.5 Å². The summed E-state index contributed by atoms with van der Waals surface area (Å²) < 4.78 is 23.6. The van der Waals surface area contributed by atoms with Gasteiger partial charge in [0.25, 0.3) is 0 Å². The summed E-state index contributed by atoms with van der Waals surface area (Å²) in [6.45, 7) is 2.77. The van der Waals surface area contributed by atoms with Crippen molar-refractivity contribution in [1.82, 2.24) is 10.2 Å². The SMILES string of the molecule is COc1ccc(CCN2CC(C(=O)NC(C)c3ccc(F)cc3)CC2=O)cc1OC. The Morgan fingerprint density at radius 3 is 2.53 bits per heavy atom. The van der Waals surface area contributed by atoms with Crippen molar-refractivity contribution in [2.24, 2.45) is 5.92 Å². The summed E-state index contributed by atoms with van der Waals surface area (Å²) in [6, 6.07) is 11.5. The van der Waals surface area contributed by atoms with E-state index in [2.05, 4.69) is 5.32 Å². The lowest BCUT2D eigenvalue weighted by Gasteiger charge is -2.19. The fraction of sp³-hybridized carbons (Fsp3) is 0.391. The highest BCUT2D eigenvalue weighted by Gasteiger charge is 2.34. The summed E-state index contributed by atoms with van der Waals surface area (Å²) in [5.74, 6) is 0.425. The zero-order chi connectivity index (χ0) is 21.7. The second kappa shape index (κ2) is 9.61. The molecule has 3 rings (SSSR count). The highest BCUT2D eigenvalue weighted by Crippen LogP contribution is 2.28. The fourth-order valence-corrected chi connectivity index (χ4v) is 3.63. The van der Waals surface area contributed by atoms with E-state index < -0.39 is 0 Å². The van der Waals surface area contributed by atoms with Crippen LogP contribution in [0.15, 0.2) is 42.5 Å². The highest BCUT2D eigenvalue weighted by atomic mass is 19.1. The first kappa shape index (κ1) is 21.6. The quantitative estimate of drug-likeness (QED) is 0.721. The number of carbonyl (C=O) groups excluding carboxylic acids is 2. The number of nitrogens with one attached hydrogen (secondary N) is 1. The molecule has 0 saturated carbocycles. The van der Waals surface area contributed by atoms with Crippen molar-refractivity contribution in [2.75, 3.05) is 27.3 Å². The van der Waals surface area contributed by atoms with Crippen molar-refractivity contribution in [2.45, 2.75) is 25.8 Å². The minimum atomic E-state index is -0.384. The summed E-state index contributed by atoms with van der Waals surface area (Å²) >= 11 is 0. The van der Waals surface area contributed by atoms with Crippen LogP contribution in [0.1, 0.15) is 30.5 Å². The molecule has 6 nitrogen and oxygen atoms in total. The van der Waals surface area contributed by atoms with Gasteiger partial charge in [0.2, 0.25) is 11.8 Å². The van der Waals surface area contributed by atoms with E-state index in [4.69, 9.17) is 9.47 Å². The van der Waals surface area contributed by atoms with E-state index in [0.717, 1.165) is 11.1 Å². The standard InChI is InChI=1S/C23H27FN2O4/c1-15(17-5-7-19(24)8-6-17)25-23(28)18-13-22(27)26(14-18)11-10-16-4-9-20(29-2)21(12-16)30-3/h4-9,12,15,18H,10-11,13-14H2,1-3H3,(H,25,28). The number of nitrogens with zero attached hydrogens (tertiary/aromatic N) is 1. The van der Waals surface area contributed by atoms with Gasteiger partial charge >= 0.3 is 0 Å². The van der Waals surface area contributed by atoms with Crippen LogP contribution in [0, 0.1) is 11.7 Å². The lowest BCUT2D eigenvalue weighted by atomic mass is 10.0. The maximum Gasteiger partial charge on any atom is 0.225 e. The maximum atomic E-state index is 13.1. The van der Waals surface area contributed by atoms with Crippen LogP contribution in [-0.4, -0.2) is 44.0 Å². The minimum Gasteiger partial charge on any atom is -0.493 e. The third-order valence-electron chi connectivity index (χ3n) is 5.43. The van der Waals surface area contributed by atoms with Crippen LogP contribution in [-0.2, 0) is 16.0 Å². The summed E-state index contributed by atoms with van der Waals surface area (Å²) in [5.41, 5.74) is 1.85. The average molecular weight is 414 g/mol. The first-order valence-corrected chi connectivity index (χ1v) is 9.95. The monoisotopic (exact) mass is 414 g/mol. The first-order chi connectivity index (χ1) is 14.4. The molecule has 2 atom stereocenters. The van der Waals surface area contributed by atoms with E-state index in [1.807, 2.05) is 25.1 Å². The molecule has 0 radical (unpaired) electrons. The van der Waals surface area contributed by atoms with Crippen molar-refractivity contribution >= 4 is 11.8 Å². The first-order valence-electron chi connectivity index (χ1n) is 9.95. The number of benzene rings is 2. The van der Waals surface area contributed by atoms with Crippen molar-refractivity contribution < 1.29 is 23.5 Å². The topological polar surface area (TPSA) is 67.9 Å². The molecule has 1 aliphatic rings. The van der Waals surface area contributed by atoms with Crippen molar-refractivity contribution in [3.63, 3.8) is 0 Å². The Balaban J connectivity index is 1.54. The van der Waals surface area contributed by atoms with Gasteiger partial charge in [-0.05, 0) is 48.7 Å². The minimum absolute atomic E-state index is 0.0231.